The average Bonchev–Trinajstić information content (AvgIpc) is 2.62. The van der Waals surface area contributed by atoms with Crippen LogP contribution in [-0.4, -0.2) is 34.6 Å². The normalized spacial score (nSPS) is 22.5. The number of nitriles is 1. The molecule has 1 saturated heterocycles. The van der Waals surface area contributed by atoms with E-state index in [2.05, 4.69) is 6.07 Å². The molecule has 24 heavy (non-hydrogen) atoms. The number of benzene rings is 2. The van der Waals surface area contributed by atoms with Crippen molar-refractivity contribution < 1.29 is 9.90 Å². The minimum atomic E-state index is -0.528. The highest BCUT2D eigenvalue weighted by Gasteiger charge is 2.51. The molecule has 122 valence electrons. The van der Waals surface area contributed by atoms with Crippen molar-refractivity contribution in [3.8, 4) is 17.2 Å². The van der Waals surface area contributed by atoms with Gasteiger partial charge in [-0.3, -0.25) is 4.79 Å². The second kappa shape index (κ2) is 6.86. The van der Waals surface area contributed by atoms with Crippen LogP contribution < -0.4 is 0 Å². The summed E-state index contributed by atoms with van der Waals surface area (Å²) in [4.78, 5) is 13.7. The van der Waals surface area contributed by atoms with Crippen molar-refractivity contribution in [2.75, 3.05) is 6.61 Å². The van der Waals surface area contributed by atoms with Gasteiger partial charge >= 0.3 is 0 Å². The minimum Gasteiger partial charge on any atom is -0.394 e. The van der Waals surface area contributed by atoms with E-state index in [0.29, 0.717) is 6.42 Å². The zero-order valence-electron chi connectivity index (χ0n) is 13.6. The smallest absolute Gasteiger partial charge is 0.223 e. The zero-order chi connectivity index (χ0) is 17.1. The van der Waals surface area contributed by atoms with Crippen molar-refractivity contribution >= 4 is 5.91 Å². The molecule has 1 amide bonds. The molecule has 3 atom stereocenters. The minimum absolute atomic E-state index is 0.0888. The first-order chi connectivity index (χ1) is 11.7. The Balaban J connectivity index is 2.03. The molecule has 3 rings (SSSR count). The maximum Gasteiger partial charge on any atom is 0.223 e. The van der Waals surface area contributed by atoms with Gasteiger partial charge in [-0.2, -0.15) is 5.26 Å². The van der Waals surface area contributed by atoms with Crippen LogP contribution in [0.4, 0.5) is 0 Å². The van der Waals surface area contributed by atoms with Gasteiger partial charge in [0.15, 0.2) is 0 Å². The molecule has 1 N–H and O–H groups in total. The van der Waals surface area contributed by atoms with Crippen LogP contribution in [0.2, 0.25) is 0 Å². The predicted molar refractivity (Wildman–Crippen MR) is 92.0 cm³/mol. The van der Waals surface area contributed by atoms with Crippen molar-refractivity contribution in [1.29, 1.82) is 5.26 Å². The molecular formula is C20H20N2O2. The maximum atomic E-state index is 12.1. The Labute approximate surface area is 142 Å². The molecule has 4 nitrogen and oxygen atoms in total. The van der Waals surface area contributed by atoms with E-state index < -0.39 is 6.04 Å². The molecule has 0 radical (unpaired) electrons. The topological polar surface area (TPSA) is 64.3 Å². The van der Waals surface area contributed by atoms with Gasteiger partial charge in [-0.15, -0.1) is 0 Å². The van der Waals surface area contributed by atoms with E-state index in [-0.39, 0.29) is 24.5 Å². The van der Waals surface area contributed by atoms with Crippen molar-refractivity contribution in [3.63, 3.8) is 0 Å². The van der Waals surface area contributed by atoms with Gasteiger partial charge in [-0.1, -0.05) is 61.5 Å². The number of likely N-dealkylation sites (tertiary alicyclic amines) is 1. The fourth-order valence-electron chi connectivity index (χ4n) is 3.57. The van der Waals surface area contributed by atoms with Crippen LogP contribution in [0.25, 0.3) is 11.1 Å². The lowest BCUT2D eigenvalue weighted by Gasteiger charge is -2.52. The van der Waals surface area contributed by atoms with E-state index in [4.69, 9.17) is 0 Å². The van der Waals surface area contributed by atoms with E-state index in [1.54, 1.807) is 6.92 Å². The van der Waals surface area contributed by atoms with Crippen LogP contribution in [0.15, 0.2) is 54.6 Å². The monoisotopic (exact) mass is 320 g/mol. The van der Waals surface area contributed by atoms with Gasteiger partial charge in [0.1, 0.15) is 6.04 Å². The van der Waals surface area contributed by atoms with Gasteiger partial charge in [-0.25, -0.2) is 0 Å². The average molecular weight is 320 g/mol. The standard InChI is InChI=1S/C20H20N2O2/c1-2-19(24)22-17(12-21)20(18(22)13-23)16-11-7-6-10-15(16)14-8-4-3-5-9-14/h3-11,17-18,20,23H,2,13H2,1H3/t17-,18+,20-/m1/s1. The SMILES string of the molecule is CCC(=O)N1[C@H](C#N)[C@@H](c2ccccc2-c2ccccc2)[C@@H]1CO. The molecule has 0 unspecified atom stereocenters. The number of hydrogen-bond acceptors (Lipinski definition) is 3. The summed E-state index contributed by atoms with van der Waals surface area (Å²) in [6.45, 7) is 1.63. The molecule has 2 aromatic rings. The number of amides is 1. The number of hydrogen-bond donors (Lipinski definition) is 1. The van der Waals surface area contributed by atoms with Gasteiger partial charge in [0.2, 0.25) is 5.91 Å². The molecule has 4 heteroatoms. The molecule has 1 heterocycles. The molecule has 1 aliphatic rings. The lowest BCUT2D eigenvalue weighted by Crippen LogP contribution is -2.65. The Bertz CT molecular complexity index is 767. The molecule has 0 aromatic heterocycles. The summed E-state index contributed by atoms with van der Waals surface area (Å²) in [5.74, 6) is -0.263. The van der Waals surface area contributed by atoms with Gasteiger partial charge in [0.05, 0.1) is 18.7 Å². The Kier molecular flexibility index (Phi) is 4.64. The third-order valence-electron chi connectivity index (χ3n) is 4.73. The maximum absolute atomic E-state index is 12.1. The molecule has 1 aliphatic heterocycles. The van der Waals surface area contributed by atoms with Crippen LogP contribution in [0.3, 0.4) is 0 Å². The quantitative estimate of drug-likeness (QED) is 0.942. The Hall–Kier alpha value is -2.64. The number of nitrogens with zero attached hydrogens (tertiary/aromatic N) is 2. The first-order valence-corrected chi connectivity index (χ1v) is 8.18. The lowest BCUT2D eigenvalue weighted by atomic mass is 9.73. The van der Waals surface area contributed by atoms with Crippen molar-refractivity contribution in [2.24, 2.45) is 0 Å². The second-order valence-corrected chi connectivity index (χ2v) is 5.96. The number of aliphatic hydroxyl groups excluding tert-OH is 1. The van der Waals surface area contributed by atoms with Crippen LogP contribution in [0, 0.1) is 11.3 Å². The summed E-state index contributed by atoms with van der Waals surface area (Å²) >= 11 is 0. The number of rotatable bonds is 4. The summed E-state index contributed by atoms with van der Waals surface area (Å²) < 4.78 is 0. The molecule has 1 fully saturated rings. The molecular weight excluding hydrogens is 300 g/mol. The highest BCUT2D eigenvalue weighted by Crippen LogP contribution is 2.44. The van der Waals surface area contributed by atoms with Crippen LogP contribution in [0.1, 0.15) is 24.8 Å². The summed E-state index contributed by atoms with van der Waals surface area (Å²) in [6, 6.07) is 19.3. The van der Waals surface area contributed by atoms with Crippen LogP contribution in [0.5, 0.6) is 0 Å². The van der Waals surface area contributed by atoms with E-state index in [9.17, 15) is 15.2 Å². The third-order valence-corrected chi connectivity index (χ3v) is 4.73. The van der Waals surface area contributed by atoms with E-state index in [1.165, 1.54) is 4.90 Å². The second-order valence-electron chi connectivity index (χ2n) is 5.96. The number of aliphatic hydroxyl groups is 1. The Morgan fingerprint density at radius 2 is 1.83 bits per heavy atom. The Morgan fingerprint density at radius 3 is 2.46 bits per heavy atom. The number of carbonyl (C=O) groups is 1. The summed E-state index contributed by atoms with van der Waals surface area (Å²) in [7, 11) is 0. The van der Waals surface area contributed by atoms with Gasteiger partial charge in [-0.05, 0) is 16.7 Å². The predicted octanol–water partition coefficient (Wildman–Crippen LogP) is 2.94. The van der Waals surface area contributed by atoms with Crippen molar-refractivity contribution in [1.82, 2.24) is 4.90 Å². The van der Waals surface area contributed by atoms with E-state index >= 15 is 0 Å². The van der Waals surface area contributed by atoms with Gasteiger partial charge < -0.3 is 10.0 Å². The van der Waals surface area contributed by atoms with Gasteiger partial charge in [0.25, 0.3) is 0 Å². The fourth-order valence-corrected chi connectivity index (χ4v) is 3.57. The molecule has 0 bridgehead atoms. The van der Waals surface area contributed by atoms with Crippen LogP contribution in [-0.2, 0) is 4.79 Å². The Morgan fingerprint density at radius 1 is 1.17 bits per heavy atom. The van der Waals surface area contributed by atoms with Crippen LogP contribution >= 0.6 is 0 Å². The highest BCUT2D eigenvalue weighted by molar-refractivity contribution is 5.79. The lowest BCUT2D eigenvalue weighted by molar-refractivity contribution is -0.146. The molecule has 0 aliphatic carbocycles. The number of carbonyl (C=O) groups excluding carboxylic acids is 1. The highest BCUT2D eigenvalue weighted by atomic mass is 16.3. The van der Waals surface area contributed by atoms with E-state index in [1.807, 2.05) is 54.6 Å². The first kappa shape index (κ1) is 16.2. The first-order valence-electron chi connectivity index (χ1n) is 8.18. The third kappa shape index (κ3) is 2.57. The van der Waals surface area contributed by atoms with E-state index in [0.717, 1.165) is 16.7 Å². The summed E-state index contributed by atoms with van der Waals surface area (Å²) in [5, 5.41) is 19.4. The van der Waals surface area contributed by atoms with Crippen molar-refractivity contribution in [3.05, 3.63) is 60.2 Å². The zero-order valence-corrected chi connectivity index (χ0v) is 13.6. The molecule has 0 saturated carbocycles. The fraction of sp³-hybridized carbons (Fsp3) is 0.300. The van der Waals surface area contributed by atoms with Gasteiger partial charge in [0, 0.05) is 12.3 Å². The summed E-state index contributed by atoms with van der Waals surface area (Å²) in [5.41, 5.74) is 3.13. The largest absolute Gasteiger partial charge is 0.394 e. The summed E-state index contributed by atoms with van der Waals surface area (Å²) in [6.07, 6.45) is 0.335. The molecule has 0 spiro atoms. The molecule has 2 aromatic carbocycles. The van der Waals surface area contributed by atoms with Crippen molar-refractivity contribution in [2.45, 2.75) is 31.3 Å².